The number of aliphatic hydroxyl groups is 1. The van der Waals surface area contributed by atoms with Gasteiger partial charge in [0, 0.05) is 19.2 Å². The Bertz CT molecular complexity index is 387. The highest BCUT2D eigenvalue weighted by atomic mass is 35.5. The molecule has 2 rings (SSSR count). The van der Waals surface area contributed by atoms with E-state index in [9.17, 15) is 4.79 Å². The van der Waals surface area contributed by atoms with Crippen molar-refractivity contribution < 1.29 is 14.3 Å². The summed E-state index contributed by atoms with van der Waals surface area (Å²) in [5.41, 5.74) is 0. The first-order valence-corrected chi connectivity index (χ1v) is 6.27. The predicted molar refractivity (Wildman–Crippen MR) is 64.1 cm³/mol. The van der Waals surface area contributed by atoms with Gasteiger partial charge in [0.15, 0.2) is 11.0 Å². The number of carbonyl (C=O) groups is 1. The van der Waals surface area contributed by atoms with Crippen molar-refractivity contribution in [3.8, 4) is 0 Å². The number of aliphatic hydroxyl groups excluding tert-OH is 1. The maximum atomic E-state index is 12.2. The summed E-state index contributed by atoms with van der Waals surface area (Å²) in [6.45, 7) is 0.660. The molecule has 0 aromatic carbocycles. The lowest BCUT2D eigenvalue weighted by Gasteiger charge is -2.37. The lowest BCUT2D eigenvalue weighted by molar-refractivity contribution is 0.0531. The van der Waals surface area contributed by atoms with Gasteiger partial charge in [0.2, 0.25) is 0 Å². The molecule has 0 radical (unpaired) electrons. The minimum absolute atomic E-state index is 0.0927. The van der Waals surface area contributed by atoms with Gasteiger partial charge < -0.3 is 14.4 Å². The third-order valence-corrected chi connectivity index (χ3v) is 3.32. The molecule has 1 heterocycles. The van der Waals surface area contributed by atoms with Gasteiger partial charge in [0.05, 0.1) is 0 Å². The Hall–Kier alpha value is -1.00. The predicted octanol–water partition coefficient (Wildman–Crippen LogP) is 2.31. The molecular weight excluding hydrogens is 242 g/mol. The maximum Gasteiger partial charge on any atom is 0.289 e. The van der Waals surface area contributed by atoms with Gasteiger partial charge in [-0.3, -0.25) is 4.79 Å². The number of furan rings is 1. The van der Waals surface area contributed by atoms with Gasteiger partial charge in [-0.2, -0.15) is 0 Å². The first-order valence-electron chi connectivity index (χ1n) is 5.89. The molecule has 1 fully saturated rings. The number of hydrogen-bond acceptors (Lipinski definition) is 3. The van der Waals surface area contributed by atoms with E-state index >= 15 is 0 Å². The first kappa shape index (κ1) is 12.5. The number of carbonyl (C=O) groups excluding carboxylic acids is 1. The summed E-state index contributed by atoms with van der Waals surface area (Å²) >= 11 is 5.66. The molecule has 0 atom stereocenters. The van der Waals surface area contributed by atoms with Gasteiger partial charge in [-0.05, 0) is 49.4 Å². The zero-order valence-corrected chi connectivity index (χ0v) is 10.3. The molecule has 94 valence electrons. The van der Waals surface area contributed by atoms with E-state index in [1.807, 2.05) is 0 Å². The van der Waals surface area contributed by atoms with Gasteiger partial charge >= 0.3 is 0 Å². The molecule has 1 saturated carbocycles. The molecule has 17 heavy (non-hydrogen) atoms. The second-order valence-corrected chi connectivity index (χ2v) is 4.64. The molecule has 1 N–H and O–H groups in total. The fraction of sp³-hybridized carbons (Fsp3) is 0.583. The van der Waals surface area contributed by atoms with Crippen molar-refractivity contribution in [1.82, 2.24) is 4.90 Å². The molecule has 1 aliphatic carbocycles. The molecule has 5 heteroatoms. The van der Waals surface area contributed by atoms with Gasteiger partial charge in [-0.1, -0.05) is 0 Å². The van der Waals surface area contributed by atoms with E-state index in [-0.39, 0.29) is 29.5 Å². The van der Waals surface area contributed by atoms with Crippen LogP contribution in [-0.4, -0.2) is 35.1 Å². The number of rotatable bonds is 5. The van der Waals surface area contributed by atoms with E-state index in [2.05, 4.69) is 0 Å². The highest BCUT2D eigenvalue weighted by Crippen LogP contribution is 2.27. The Morgan fingerprint density at radius 3 is 2.76 bits per heavy atom. The fourth-order valence-corrected chi connectivity index (χ4v) is 2.11. The Labute approximate surface area is 105 Å². The smallest absolute Gasteiger partial charge is 0.289 e. The molecule has 0 spiro atoms. The quantitative estimate of drug-likeness (QED) is 0.881. The van der Waals surface area contributed by atoms with Crippen molar-refractivity contribution in [2.24, 2.45) is 0 Å². The van der Waals surface area contributed by atoms with Crippen molar-refractivity contribution in [2.75, 3.05) is 13.2 Å². The zero-order chi connectivity index (χ0) is 12.3. The summed E-state index contributed by atoms with van der Waals surface area (Å²) in [6.07, 6.45) is 3.82. The van der Waals surface area contributed by atoms with Crippen LogP contribution in [0.3, 0.4) is 0 Å². The molecule has 0 saturated heterocycles. The van der Waals surface area contributed by atoms with Crippen LogP contribution in [0.1, 0.15) is 36.2 Å². The van der Waals surface area contributed by atoms with Crippen LogP contribution in [0.5, 0.6) is 0 Å². The van der Waals surface area contributed by atoms with Crippen LogP contribution in [0.15, 0.2) is 16.5 Å². The van der Waals surface area contributed by atoms with Crippen LogP contribution >= 0.6 is 11.6 Å². The summed E-state index contributed by atoms with van der Waals surface area (Å²) in [7, 11) is 0. The third kappa shape index (κ3) is 2.82. The lowest BCUT2D eigenvalue weighted by atomic mass is 9.91. The van der Waals surface area contributed by atoms with E-state index < -0.39 is 0 Å². The summed E-state index contributed by atoms with van der Waals surface area (Å²) in [5, 5.41) is 9.09. The van der Waals surface area contributed by atoms with Crippen molar-refractivity contribution in [3.63, 3.8) is 0 Å². The van der Waals surface area contributed by atoms with E-state index in [0.717, 1.165) is 19.3 Å². The average Bonchev–Trinajstić information content (AvgIpc) is 2.67. The number of nitrogens with zero attached hydrogens (tertiary/aromatic N) is 1. The number of halogens is 1. The van der Waals surface area contributed by atoms with Crippen molar-refractivity contribution in [2.45, 2.75) is 31.7 Å². The maximum absolute atomic E-state index is 12.2. The number of amides is 1. The molecule has 4 nitrogen and oxygen atoms in total. The van der Waals surface area contributed by atoms with Crippen LogP contribution < -0.4 is 0 Å². The normalized spacial score (nSPS) is 15.6. The second kappa shape index (κ2) is 5.56. The summed E-state index contributed by atoms with van der Waals surface area (Å²) < 4.78 is 5.14. The minimum Gasteiger partial charge on any atom is -0.440 e. The molecule has 1 amide bonds. The van der Waals surface area contributed by atoms with Crippen LogP contribution in [0.25, 0.3) is 0 Å². The van der Waals surface area contributed by atoms with Gasteiger partial charge in [0.25, 0.3) is 5.91 Å². The molecule has 0 aliphatic heterocycles. The number of hydrogen-bond donors (Lipinski definition) is 1. The molecule has 0 unspecified atom stereocenters. The van der Waals surface area contributed by atoms with E-state index in [1.54, 1.807) is 17.0 Å². The van der Waals surface area contributed by atoms with E-state index in [0.29, 0.717) is 13.0 Å². The van der Waals surface area contributed by atoms with Crippen LogP contribution in [0.2, 0.25) is 5.22 Å². The molecule has 1 aliphatic rings. The summed E-state index contributed by atoms with van der Waals surface area (Å²) in [5.74, 6) is 0.148. The third-order valence-electron chi connectivity index (χ3n) is 3.12. The average molecular weight is 258 g/mol. The Morgan fingerprint density at radius 2 is 2.29 bits per heavy atom. The van der Waals surface area contributed by atoms with Crippen molar-refractivity contribution in [1.29, 1.82) is 0 Å². The zero-order valence-electron chi connectivity index (χ0n) is 9.56. The van der Waals surface area contributed by atoms with Crippen LogP contribution in [-0.2, 0) is 0 Å². The Morgan fingerprint density at radius 1 is 1.53 bits per heavy atom. The van der Waals surface area contributed by atoms with Crippen LogP contribution in [0.4, 0.5) is 0 Å². The second-order valence-electron chi connectivity index (χ2n) is 4.26. The lowest BCUT2D eigenvalue weighted by Crippen LogP contribution is -2.44. The molecule has 1 aromatic heterocycles. The van der Waals surface area contributed by atoms with Crippen molar-refractivity contribution >= 4 is 17.5 Å². The Kier molecular flexibility index (Phi) is 4.07. The van der Waals surface area contributed by atoms with E-state index in [1.165, 1.54) is 0 Å². The highest BCUT2D eigenvalue weighted by Gasteiger charge is 2.30. The molecule has 1 aromatic rings. The fourth-order valence-electron chi connectivity index (χ4n) is 1.96. The standard InChI is InChI=1S/C12H16ClNO3/c13-11-6-5-10(17-11)12(16)14(7-2-8-15)9-3-1-4-9/h5-6,9,15H,1-4,7-8H2. The van der Waals surface area contributed by atoms with Crippen LogP contribution in [0, 0.1) is 0 Å². The van der Waals surface area contributed by atoms with Gasteiger partial charge in [-0.15, -0.1) is 0 Å². The molecular formula is C12H16ClNO3. The summed E-state index contributed by atoms with van der Waals surface area (Å²) in [6, 6.07) is 3.45. The highest BCUT2D eigenvalue weighted by molar-refractivity contribution is 6.29. The molecule has 0 bridgehead atoms. The van der Waals surface area contributed by atoms with E-state index in [4.69, 9.17) is 21.1 Å². The van der Waals surface area contributed by atoms with Crippen molar-refractivity contribution in [3.05, 3.63) is 23.1 Å². The summed E-state index contributed by atoms with van der Waals surface area (Å²) in [4.78, 5) is 14.0. The first-order chi connectivity index (χ1) is 8.22. The Balaban J connectivity index is 2.06. The SMILES string of the molecule is O=C(c1ccc(Cl)o1)N(CCCO)C1CCC1. The minimum atomic E-state index is -0.130. The largest absolute Gasteiger partial charge is 0.440 e. The monoisotopic (exact) mass is 257 g/mol. The van der Waals surface area contributed by atoms with Gasteiger partial charge in [-0.25, -0.2) is 0 Å². The topological polar surface area (TPSA) is 53.7 Å². The van der Waals surface area contributed by atoms with Gasteiger partial charge in [0.1, 0.15) is 0 Å².